The van der Waals surface area contributed by atoms with Crippen LogP contribution in [0, 0.1) is 16.2 Å². The van der Waals surface area contributed by atoms with Gasteiger partial charge in [-0.2, -0.15) is 0 Å². The van der Waals surface area contributed by atoms with E-state index in [4.69, 9.17) is 16.4 Å². The normalized spacial score (nSPS) is 24.4. The molecule has 2 fully saturated rings. The second kappa shape index (κ2) is 10.0. The van der Waals surface area contributed by atoms with E-state index in [1.54, 1.807) is 24.3 Å². The van der Waals surface area contributed by atoms with Crippen molar-refractivity contribution in [3.8, 4) is 0 Å². The second-order valence-corrected chi connectivity index (χ2v) is 11.7. The van der Waals surface area contributed by atoms with Gasteiger partial charge in [-0.15, -0.1) is 0 Å². The van der Waals surface area contributed by atoms with Gasteiger partial charge in [0.05, 0.1) is 21.7 Å². The number of halogens is 1. The van der Waals surface area contributed by atoms with Gasteiger partial charge in [-0.05, 0) is 41.5 Å². The number of carbonyl (C=O) groups excluding carboxylic acids is 2. The van der Waals surface area contributed by atoms with Crippen molar-refractivity contribution in [2.45, 2.75) is 53.1 Å². The third-order valence-electron chi connectivity index (χ3n) is 9.20. The molecule has 5 rings (SSSR count). The number of oxime groups is 1. The van der Waals surface area contributed by atoms with Gasteiger partial charge < -0.3 is 9.74 Å². The molecule has 0 N–H and O–H groups in total. The molecule has 0 radical (unpaired) electrons. The molecule has 38 heavy (non-hydrogen) atoms. The number of fused-ring (bicyclic) bond motifs is 2. The van der Waals surface area contributed by atoms with E-state index in [2.05, 4.69) is 50.2 Å². The van der Waals surface area contributed by atoms with E-state index in [1.165, 1.54) is 0 Å². The quantitative estimate of drug-likeness (QED) is 0.239. The van der Waals surface area contributed by atoms with Crippen molar-refractivity contribution in [1.29, 1.82) is 0 Å². The molecule has 2 aliphatic carbocycles. The molecule has 196 valence electrons. The first-order chi connectivity index (χ1) is 18.2. The van der Waals surface area contributed by atoms with Crippen molar-refractivity contribution in [2.24, 2.45) is 21.4 Å². The fraction of sp³-hybridized carbons (Fsp3) is 0.344. The number of nitrogens with zero attached hydrogens (tertiary/aromatic N) is 2. The maximum Gasteiger partial charge on any atom is 0.367 e. The van der Waals surface area contributed by atoms with E-state index in [1.807, 2.05) is 41.3 Å². The van der Waals surface area contributed by atoms with Crippen LogP contribution in [-0.4, -0.2) is 22.5 Å². The zero-order valence-corrected chi connectivity index (χ0v) is 22.9. The Kier molecular flexibility index (Phi) is 6.91. The Labute approximate surface area is 229 Å². The Bertz CT molecular complexity index is 1330. The summed E-state index contributed by atoms with van der Waals surface area (Å²) in [6.45, 7) is 7.53. The minimum Gasteiger partial charge on any atom is -0.334 e. The van der Waals surface area contributed by atoms with E-state index < -0.39 is 11.4 Å². The molecule has 2 bridgehead atoms. The van der Waals surface area contributed by atoms with Crippen LogP contribution in [0.5, 0.6) is 0 Å². The van der Waals surface area contributed by atoms with Crippen LogP contribution in [0.25, 0.3) is 0 Å². The Balaban J connectivity index is 1.46. The van der Waals surface area contributed by atoms with Crippen molar-refractivity contribution < 1.29 is 14.4 Å². The predicted octanol–water partition coefficient (Wildman–Crippen LogP) is 7.30. The maximum absolute atomic E-state index is 14.6. The molecule has 2 aliphatic rings. The highest BCUT2D eigenvalue weighted by molar-refractivity contribution is 6.33. The van der Waals surface area contributed by atoms with E-state index in [-0.39, 0.29) is 22.3 Å². The minimum absolute atomic E-state index is 0.126. The summed E-state index contributed by atoms with van der Waals surface area (Å²) < 4.78 is 0. The van der Waals surface area contributed by atoms with E-state index >= 15 is 0 Å². The summed E-state index contributed by atoms with van der Waals surface area (Å²) in [7, 11) is 0. The Hall–Kier alpha value is -3.44. The van der Waals surface area contributed by atoms with E-state index in [0.717, 1.165) is 29.7 Å². The molecule has 2 saturated carbocycles. The average Bonchev–Trinajstić information content (AvgIpc) is 3.23. The number of amides is 1. The maximum atomic E-state index is 14.6. The Morgan fingerprint density at radius 2 is 1.39 bits per heavy atom. The molecule has 0 aromatic heterocycles. The molecule has 2 atom stereocenters. The van der Waals surface area contributed by atoms with Crippen LogP contribution in [0.15, 0.2) is 90.1 Å². The number of hydrogen-bond acceptors (Lipinski definition) is 4. The molecule has 1 amide bonds. The van der Waals surface area contributed by atoms with Crippen molar-refractivity contribution in [3.05, 3.63) is 107 Å². The summed E-state index contributed by atoms with van der Waals surface area (Å²) in [5.41, 5.74) is 1.84. The SMILES string of the molecule is CC12CCC(C(=O)N(Cc3ccccc3)Cc3ccccc3)(C/C1=N\OC(=O)c1ccccc1Cl)C2(C)C. The molecule has 5 nitrogen and oxygen atoms in total. The fourth-order valence-electron chi connectivity index (χ4n) is 6.38. The van der Waals surface area contributed by atoms with Crippen molar-refractivity contribution in [1.82, 2.24) is 4.90 Å². The summed E-state index contributed by atoms with van der Waals surface area (Å²) in [4.78, 5) is 34.7. The lowest BCUT2D eigenvalue weighted by Crippen LogP contribution is -2.48. The summed E-state index contributed by atoms with van der Waals surface area (Å²) in [6.07, 6.45) is 2.04. The third kappa shape index (κ3) is 4.33. The molecule has 0 spiro atoms. The lowest BCUT2D eigenvalue weighted by Gasteiger charge is -2.42. The van der Waals surface area contributed by atoms with Crippen LogP contribution in [0.4, 0.5) is 0 Å². The van der Waals surface area contributed by atoms with Gasteiger partial charge in [0.25, 0.3) is 0 Å². The van der Waals surface area contributed by atoms with Gasteiger partial charge in [-0.3, -0.25) is 4.79 Å². The molecule has 0 aliphatic heterocycles. The molecule has 0 saturated heterocycles. The van der Waals surface area contributed by atoms with Crippen LogP contribution in [0.2, 0.25) is 5.02 Å². The van der Waals surface area contributed by atoms with Crippen molar-refractivity contribution >= 4 is 29.2 Å². The van der Waals surface area contributed by atoms with Gasteiger partial charge in [-0.25, -0.2) is 4.79 Å². The van der Waals surface area contributed by atoms with E-state index in [9.17, 15) is 9.59 Å². The molecule has 0 heterocycles. The minimum atomic E-state index is -0.638. The van der Waals surface area contributed by atoms with Crippen molar-refractivity contribution in [2.75, 3.05) is 0 Å². The molecule has 2 unspecified atom stereocenters. The molecule has 3 aromatic carbocycles. The zero-order chi connectivity index (χ0) is 27.0. The fourth-order valence-corrected chi connectivity index (χ4v) is 6.59. The summed E-state index contributed by atoms with van der Waals surface area (Å²) in [6, 6.07) is 27.0. The van der Waals surface area contributed by atoms with Crippen LogP contribution >= 0.6 is 11.6 Å². The monoisotopic (exact) mass is 528 g/mol. The van der Waals surface area contributed by atoms with Gasteiger partial charge in [0, 0.05) is 24.9 Å². The molecular formula is C32H33ClN2O3. The first kappa shape index (κ1) is 26.2. The largest absolute Gasteiger partial charge is 0.367 e. The van der Waals surface area contributed by atoms with Crippen LogP contribution in [-0.2, 0) is 22.7 Å². The first-order valence-corrected chi connectivity index (χ1v) is 13.5. The standard InChI is InChI=1S/C32H33ClN2O3/c1-30(2)31(3)18-19-32(30,20-27(31)34-38-28(36)25-16-10-11-17-26(25)33)29(37)35(21-23-12-6-4-7-13-23)22-24-14-8-5-9-15-24/h4-17H,18-22H2,1-3H3/b34-27+. The summed E-state index contributed by atoms with van der Waals surface area (Å²) >= 11 is 6.18. The number of carbonyl (C=O) groups is 2. The van der Waals surface area contributed by atoms with Crippen LogP contribution < -0.4 is 0 Å². The molecule has 3 aromatic rings. The highest BCUT2D eigenvalue weighted by Gasteiger charge is 2.72. The van der Waals surface area contributed by atoms with Gasteiger partial charge in [0.15, 0.2) is 0 Å². The van der Waals surface area contributed by atoms with Crippen LogP contribution in [0.1, 0.15) is 61.5 Å². The second-order valence-electron chi connectivity index (χ2n) is 11.2. The van der Waals surface area contributed by atoms with Gasteiger partial charge in [0.1, 0.15) is 0 Å². The highest BCUT2D eigenvalue weighted by atomic mass is 35.5. The lowest BCUT2D eigenvalue weighted by atomic mass is 9.64. The summed E-state index contributed by atoms with van der Waals surface area (Å²) in [5, 5.41) is 4.70. The van der Waals surface area contributed by atoms with Crippen LogP contribution in [0.3, 0.4) is 0 Å². The van der Waals surface area contributed by atoms with Gasteiger partial charge in [0.2, 0.25) is 5.91 Å². The number of rotatable bonds is 7. The molecule has 6 heteroatoms. The first-order valence-electron chi connectivity index (χ1n) is 13.1. The topological polar surface area (TPSA) is 59.0 Å². The average molecular weight is 529 g/mol. The lowest BCUT2D eigenvalue weighted by molar-refractivity contribution is -0.148. The number of hydrogen-bond donors (Lipinski definition) is 0. The smallest absolute Gasteiger partial charge is 0.334 e. The zero-order valence-electron chi connectivity index (χ0n) is 22.1. The Morgan fingerprint density at radius 3 is 1.97 bits per heavy atom. The van der Waals surface area contributed by atoms with Gasteiger partial charge >= 0.3 is 5.97 Å². The Morgan fingerprint density at radius 1 is 0.842 bits per heavy atom. The molecular weight excluding hydrogens is 496 g/mol. The highest BCUT2D eigenvalue weighted by Crippen LogP contribution is 2.71. The van der Waals surface area contributed by atoms with E-state index in [0.29, 0.717) is 24.5 Å². The third-order valence-corrected chi connectivity index (χ3v) is 9.52. The van der Waals surface area contributed by atoms with Crippen molar-refractivity contribution in [3.63, 3.8) is 0 Å². The van der Waals surface area contributed by atoms with Gasteiger partial charge in [-0.1, -0.05) is 110 Å². The number of benzene rings is 3. The summed E-state index contributed by atoms with van der Waals surface area (Å²) in [5.74, 6) is -0.469. The predicted molar refractivity (Wildman–Crippen MR) is 150 cm³/mol.